The van der Waals surface area contributed by atoms with Gasteiger partial charge in [-0.1, -0.05) is 28.1 Å². The summed E-state index contributed by atoms with van der Waals surface area (Å²) < 4.78 is 14.0. The first-order chi connectivity index (χ1) is 13.0. The van der Waals surface area contributed by atoms with Crippen molar-refractivity contribution in [2.75, 3.05) is 10.2 Å². The summed E-state index contributed by atoms with van der Waals surface area (Å²) >= 11 is 4.74. The van der Waals surface area contributed by atoms with Crippen LogP contribution in [0.5, 0.6) is 0 Å². The molecule has 0 atom stereocenters. The maximum absolute atomic E-state index is 13.2. The van der Waals surface area contributed by atoms with E-state index in [0.717, 1.165) is 9.37 Å². The van der Waals surface area contributed by atoms with E-state index in [0.29, 0.717) is 21.8 Å². The lowest BCUT2D eigenvalue weighted by Crippen LogP contribution is -2.32. The summed E-state index contributed by atoms with van der Waals surface area (Å²) in [6, 6.07) is 16.2. The quantitative estimate of drug-likeness (QED) is 0.575. The van der Waals surface area contributed by atoms with Gasteiger partial charge in [0.2, 0.25) is 0 Å². The molecule has 1 aromatic heterocycles. The van der Waals surface area contributed by atoms with Crippen LogP contribution in [-0.4, -0.2) is 11.8 Å². The smallest absolute Gasteiger partial charge is 0.282 e. The first kappa shape index (κ1) is 17.6. The molecule has 0 bridgehead atoms. The van der Waals surface area contributed by atoms with E-state index in [1.807, 2.05) is 17.5 Å². The Morgan fingerprint density at radius 1 is 0.963 bits per heavy atom. The van der Waals surface area contributed by atoms with Crippen LogP contribution in [0.4, 0.5) is 15.8 Å². The third-order valence-corrected chi connectivity index (χ3v) is 5.41. The van der Waals surface area contributed by atoms with Gasteiger partial charge in [0.1, 0.15) is 11.5 Å². The minimum atomic E-state index is -0.453. The third kappa shape index (κ3) is 3.31. The van der Waals surface area contributed by atoms with Crippen LogP contribution >= 0.6 is 27.3 Å². The van der Waals surface area contributed by atoms with Crippen LogP contribution in [-0.2, 0) is 9.59 Å². The number of anilines is 2. The number of carbonyl (C=O) groups is 2. The molecule has 2 heterocycles. The molecule has 4 rings (SSSR count). The number of hydrogen-bond acceptors (Lipinski definition) is 4. The number of hydrogen-bond donors (Lipinski definition) is 1. The van der Waals surface area contributed by atoms with Gasteiger partial charge in [0, 0.05) is 15.0 Å². The Labute approximate surface area is 167 Å². The molecule has 0 saturated carbocycles. The van der Waals surface area contributed by atoms with Crippen molar-refractivity contribution in [1.29, 1.82) is 0 Å². The number of nitrogens with zero attached hydrogens (tertiary/aromatic N) is 1. The van der Waals surface area contributed by atoms with Crippen LogP contribution in [0.25, 0.3) is 5.57 Å². The van der Waals surface area contributed by atoms with E-state index in [2.05, 4.69) is 21.2 Å². The number of imide groups is 1. The average Bonchev–Trinajstić information content (AvgIpc) is 3.24. The van der Waals surface area contributed by atoms with E-state index < -0.39 is 11.8 Å². The number of benzene rings is 2. The maximum atomic E-state index is 13.2. The number of amides is 2. The topological polar surface area (TPSA) is 49.4 Å². The van der Waals surface area contributed by atoms with Crippen LogP contribution in [0.1, 0.15) is 4.88 Å². The molecule has 134 valence electrons. The highest BCUT2D eigenvalue weighted by Crippen LogP contribution is 2.36. The summed E-state index contributed by atoms with van der Waals surface area (Å²) in [7, 11) is 0. The van der Waals surface area contributed by atoms with E-state index >= 15 is 0 Å². The molecular formula is C20H12BrFN2O2S. The Hall–Kier alpha value is -2.77. The van der Waals surface area contributed by atoms with Crippen molar-refractivity contribution in [2.45, 2.75) is 0 Å². The summed E-state index contributed by atoms with van der Waals surface area (Å²) in [6.45, 7) is 0. The summed E-state index contributed by atoms with van der Waals surface area (Å²) in [5, 5.41) is 4.84. The summed E-state index contributed by atoms with van der Waals surface area (Å²) in [4.78, 5) is 28.1. The minimum absolute atomic E-state index is 0.175. The van der Waals surface area contributed by atoms with Gasteiger partial charge in [0.15, 0.2) is 0 Å². The van der Waals surface area contributed by atoms with Crippen molar-refractivity contribution in [1.82, 2.24) is 0 Å². The molecule has 27 heavy (non-hydrogen) atoms. The van der Waals surface area contributed by atoms with Crippen LogP contribution in [0.2, 0.25) is 0 Å². The zero-order valence-electron chi connectivity index (χ0n) is 13.8. The van der Waals surface area contributed by atoms with Crippen molar-refractivity contribution < 1.29 is 14.0 Å². The van der Waals surface area contributed by atoms with Crippen molar-refractivity contribution in [3.8, 4) is 0 Å². The predicted octanol–water partition coefficient (Wildman–Crippen LogP) is 5.05. The minimum Gasteiger partial charge on any atom is -0.350 e. The molecule has 1 aliphatic rings. The van der Waals surface area contributed by atoms with Crippen molar-refractivity contribution in [3.63, 3.8) is 0 Å². The zero-order chi connectivity index (χ0) is 19.0. The van der Waals surface area contributed by atoms with Crippen LogP contribution in [0.3, 0.4) is 0 Å². The van der Waals surface area contributed by atoms with Crippen LogP contribution in [0.15, 0.2) is 76.2 Å². The molecule has 2 amide bonds. The Morgan fingerprint density at radius 2 is 1.74 bits per heavy atom. The van der Waals surface area contributed by atoms with Gasteiger partial charge in [-0.05, 0) is 53.9 Å². The van der Waals surface area contributed by atoms with E-state index in [1.165, 1.54) is 35.6 Å². The maximum Gasteiger partial charge on any atom is 0.282 e. The molecule has 1 N–H and O–H groups in total. The average molecular weight is 443 g/mol. The number of halogens is 2. The second-order valence-corrected chi connectivity index (χ2v) is 7.65. The molecule has 2 aromatic carbocycles. The van der Waals surface area contributed by atoms with E-state index in [-0.39, 0.29) is 11.5 Å². The summed E-state index contributed by atoms with van der Waals surface area (Å²) in [5.41, 5.74) is 1.48. The van der Waals surface area contributed by atoms with Crippen LogP contribution in [0, 0.1) is 5.82 Å². The Kier molecular flexibility index (Phi) is 4.63. The van der Waals surface area contributed by atoms with E-state index in [1.54, 1.807) is 24.3 Å². The second kappa shape index (κ2) is 7.09. The van der Waals surface area contributed by atoms with Crippen LogP contribution < -0.4 is 10.2 Å². The highest BCUT2D eigenvalue weighted by Gasteiger charge is 2.40. The molecule has 0 radical (unpaired) electrons. The van der Waals surface area contributed by atoms with Gasteiger partial charge >= 0.3 is 0 Å². The molecule has 4 nitrogen and oxygen atoms in total. The fourth-order valence-corrected chi connectivity index (χ4v) is 3.98. The normalized spacial score (nSPS) is 14.2. The number of nitrogens with one attached hydrogen (secondary N) is 1. The van der Waals surface area contributed by atoms with Gasteiger partial charge in [-0.2, -0.15) is 0 Å². The Bertz CT molecular complexity index is 1060. The van der Waals surface area contributed by atoms with Gasteiger partial charge in [-0.15, -0.1) is 11.3 Å². The van der Waals surface area contributed by atoms with Crippen molar-refractivity contribution >= 4 is 56.0 Å². The number of carbonyl (C=O) groups excluding carboxylic acids is 2. The standard InChI is InChI=1S/C20H12BrFN2O2S/c21-12-3-1-4-15(11-12)24-19(25)17(16-5-2-10-27-16)18(20(24)26)23-14-8-6-13(22)7-9-14/h1-11,23H. The lowest BCUT2D eigenvalue weighted by molar-refractivity contribution is -0.120. The monoisotopic (exact) mass is 442 g/mol. The predicted molar refractivity (Wildman–Crippen MR) is 108 cm³/mol. The fourth-order valence-electron chi connectivity index (χ4n) is 2.82. The molecule has 0 fully saturated rings. The number of rotatable bonds is 4. The van der Waals surface area contributed by atoms with Gasteiger partial charge < -0.3 is 5.32 Å². The van der Waals surface area contributed by atoms with E-state index in [4.69, 9.17) is 0 Å². The van der Waals surface area contributed by atoms with Crippen molar-refractivity contribution in [2.24, 2.45) is 0 Å². The molecule has 0 saturated heterocycles. The Morgan fingerprint density at radius 3 is 2.41 bits per heavy atom. The van der Waals surface area contributed by atoms with Gasteiger partial charge in [0.25, 0.3) is 11.8 Å². The van der Waals surface area contributed by atoms with Gasteiger partial charge in [-0.3, -0.25) is 9.59 Å². The summed E-state index contributed by atoms with van der Waals surface area (Å²) in [5.74, 6) is -1.23. The first-order valence-electron chi connectivity index (χ1n) is 7.99. The molecule has 3 aromatic rings. The highest BCUT2D eigenvalue weighted by molar-refractivity contribution is 9.10. The first-order valence-corrected chi connectivity index (χ1v) is 9.67. The van der Waals surface area contributed by atoms with Crippen molar-refractivity contribution in [3.05, 3.63) is 86.9 Å². The lowest BCUT2D eigenvalue weighted by Gasteiger charge is -2.15. The second-order valence-electron chi connectivity index (χ2n) is 5.78. The number of thiophene rings is 1. The fraction of sp³-hybridized carbons (Fsp3) is 0. The molecular weight excluding hydrogens is 431 g/mol. The summed E-state index contributed by atoms with van der Waals surface area (Å²) in [6.07, 6.45) is 0. The zero-order valence-corrected chi connectivity index (χ0v) is 16.2. The van der Waals surface area contributed by atoms with E-state index in [9.17, 15) is 14.0 Å². The SMILES string of the molecule is O=C1C(Nc2ccc(F)cc2)=C(c2cccs2)C(=O)N1c1cccc(Br)c1. The largest absolute Gasteiger partial charge is 0.350 e. The van der Waals surface area contributed by atoms with Gasteiger partial charge in [-0.25, -0.2) is 9.29 Å². The van der Waals surface area contributed by atoms with Gasteiger partial charge in [0.05, 0.1) is 11.3 Å². The highest BCUT2D eigenvalue weighted by atomic mass is 79.9. The molecule has 0 spiro atoms. The lowest BCUT2D eigenvalue weighted by atomic mass is 10.2. The third-order valence-electron chi connectivity index (χ3n) is 4.03. The Balaban J connectivity index is 1.79. The molecule has 0 unspecified atom stereocenters. The molecule has 7 heteroatoms. The molecule has 0 aliphatic carbocycles. The molecule has 1 aliphatic heterocycles.